The highest BCUT2D eigenvalue weighted by Gasteiger charge is 2.08. The molecule has 0 aromatic heterocycles. The molecule has 1 N–H and O–H groups in total. The molecular formula is C3H7NOS. The van der Waals surface area contributed by atoms with Gasteiger partial charge in [-0.1, -0.05) is 0 Å². The molecule has 0 saturated carbocycles. The lowest BCUT2D eigenvalue weighted by Gasteiger charge is -1.86. The highest BCUT2D eigenvalue weighted by atomic mass is 32.1. The van der Waals surface area contributed by atoms with Gasteiger partial charge in [-0.05, 0) is 0 Å². The first-order chi connectivity index (χ1) is 2.89. The van der Waals surface area contributed by atoms with E-state index in [0.717, 1.165) is 13.2 Å². The maximum Gasteiger partial charge on any atom is 0.0811 e. The van der Waals surface area contributed by atoms with Gasteiger partial charge in [0, 0.05) is 11.8 Å². The average Bonchev–Trinajstić information content (AvgIpc) is 1.86. The van der Waals surface area contributed by atoms with Crippen molar-refractivity contribution in [3.05, 3.63) is 0 Å². The summed E-state index contributed by atoms with van der Waals surface area (Å²) in [6.07, 6.45) is 0. The Morgan fingerprint density at radius 3 is 2.83 bits per heavy atom. The summed E-state index contributed by atoms with van der Waals surface area (Å²) in [6.45, 7) is 1.62. The monoisotopic (exact) mass is 105 g/mol. The van der Waals surface area contributed by atoms with Gasteiger partial charge < -0.3 is 4.84 Å². The molecule has 1 unspecified atom stereocenters. The van der Waals surface area contributed by atoms with Crippen LogP contribution < -0.4 is 5.48 Å². The summed E-state index contributed by atoms with van der Waals surface area (Å²) in [5.41, 5.74) is 2.70. The van der Waals surface area contributed by atoms with Crippen molar-refractivity contribution < 1.29 is 4.84 Å². The van der Waals surface area contributed by atoms with E-state index < -0.39 is 0 Å². The molecule has 0 aromatic rings. The molecule has 1 atom stereocenters. The normalized spacial score (nSPS) is 34.5. The number of hydroxylamine groups is 1. The van der Waals surface area contributed by atoms with E-state index in [4.69, 9.17) is 4.84 Å². The van der Waals surface area contributed by atoms with Crippen LogP contribution in [0.1, 0.15) is 0 Å². The zero-order valence-corrected chi connectivity index (χ0v) is 4.24. The number of nitrogens with one attached hydrogen (secondary N) is 1. The van der Waals surface area contributed by atoms with Crippen LogP contribution >= 0.6 is 12.6 Å². The minimum atomic E-state index is 0.407. The number of thiol groups is 1. The van der Waals surface area contributed by atoms with Crippen molar-refractivity contribution in [1.82, 2.24) is 5.48 Å². The fourth-order valence-electron chi connectivity index (χ4n) is 0.369. The van der Waals surface area contributed by atoms with Crippen molar-refractivity contribution in [2.45, 2.75) is 5.25 Å². The largest absolute Gasteiger partial charge is 0.301 e. The Kier molecular flexibility index (Phi) is 1.34. The first kappa shape index (κ1) is 4.43. The molecule has 0 aliphatic carbocycles. The summed E-state index contributed by atoms with van der Waals surface area (Å²) in [7, 11) is 0. The molecule has 1 aliphatic rings. The first-order valence-corrected chi connectivity index (χ1v) is 2.44. The second-order valence-corrected chi connectivity index (χ2v) is 2.04. The molecule has 0 radical (unpaired) electrons. The summed E-state index contributed by atoms with van der Waals surface area (Å²) < 4.78 is 0. The Labute approximate surface area is 42.2 Å². The summed E-state index contributed by atoms with van der Waals surface area (Å²) in [4.78, 5) is 4.73. The Hall–Kier alpha value is 0.270. The third-order valence-corrected chi connectivity index (χ3v) is 1.03. The van der Waals surface area contributed by atoms with E-state index in [-0.39, 0.29) is 0 Å². The van der Waals surface area contributed by atoms with Crippen LogP contribution in [0.2, 0.25) is 0 Å². The third-order valence-electron chi connectivity index (χ3n) is 0.697. The predicted molar refractivity (Wildman–Crippen MR) is 26.7 cm³/mol. The van der Waals surface area contributed by atoms with Crippen molar-refractivity contribution in [3.8, 4) is 0 Å². The van der Waals surface area contributed by atoms with Gasteiger partial charge in [0.2, 0.25) is 0 Å². The van der Waals surface area contributed by atoms with E-state index >= 15 is 0 Å². The second kappa shape index (κ2) is 1.82. The van der Waals surface area contributed by atoms with E-state index in [0.29, 0.717) is 5.25 Å². The van der Waals surface area contributed by atoms with Crippen LogP contribution in [0.15, 0.2) is 0 Å². The molecule has 3 heteroatoms. The van der Waals surface area contributed by atoms with Crippen molar-refractivity contribution in [2.75, 3.05) is 13.2 Å². The summed E-state index contributed by atoms with van der Waals surface area (Å²) in [6, 6.07) is 0. The van der Waals surface area contributed by atoms with Gasteiger partial charge in [-0.25, -0.2) is 5.48 Å². The molecule has 6 heavy (non-hydrogen) atoms. The Bertz CT molecular complexity index is 44.1. The Balaban J connectivity index is 2.18. The van der Waals surface area contributed by atoms with E-state index in [2.05, 4.69) is 18.1 Å². The van der Waals surface area contributed by atoms with Gasteiger partial charge in [-0.15, -0.1) is 0 Å². The maximum atomic E-state index is 4.73. The zero-order chi connectivity index (χ0) is 4.41. The molecule has 1 fully saturated rings. The van der Waals surface area contributed by atoms with E-state index in [1.54, 1.807) is 0 Å². The SMILES string of the molecule is SC1CNOC1. The minimum absolute atomic E-state index is 0.407. The first-order valence-electron chi connectivity index (χ1n) is 1.92. The molecule has 0 bridgehead atoms. The lowest BCUT2D eigenvalue weighted by Crippen LogP contribution is -2.06. The van der Waals surface area contributed by atoms with Gasteiger partial charge in [0.25, 0.3) is 0 Å². The van der Waals surface area contributed by atoms with Gasteiger partial charge in [0.1, 0.15) is 0 Å². The van der Waals surface area contributed by atoms with E-state index in [1.807, 2.05) is 0 Å². The van der Waals surface area contributed by atoms with Gasteiger partial charge in [-0.3, -0.25) is 0 Å². The van der Waals surface area contributed by atoms with E-state index in [1.165, 1.54) is 0 Å². The summed E-state index contributed by atoms with van der Waals surface area (Å²) >= 11 is 4.10. The molecule has 0 amide bonds. The van der Waals surface area contributed by atoms with Crippen LogP contribution in [0.5, 0.6) is 0 Å². The number of hydrogen-bond acceptors (Lipinski definition) is 3. The second-order valence-electron chi connectivity index (χ2n) is 1.31. The molecule has 0 spiro atoms. The molecule has 1 heterocycles. The van der Waals surface area contributed by atoms with Gasteiger partial charge in [-0.2, -0.15) is 12.6 Å². The average molecular weight is 105 g/mol. The lowest BCUT2D eigenvalue weighted by atomic mass is 10.5. The molecule has 36 valence electrons. The fraction of sp³-hybridized carbons (Fsp3) is 1.00. The minimum Gasteiger partial charge on any atom is -0.301 e. The van der Waals surface area contributed by atoms with Crippen LogP contribution in [0.25, 0.3) is 0 Å². The fourth-order valence-corrected chi connectivity index (χ4v) is 0.518. The van der Waals surface area contributed by atoms with E-state index in [9.17, 15) is 0 Å². The lowest BCUT2D eigenvalue weighted by molar-refractivity contribution is 0.103. The van der Waals surface area contributed by atoms with Crippen molar-refractivity contribution in [3.63, 3.8) is 0 Å². The summed E-state index contributed by atoms with van der Waals surface area (Å²) in [5, 5.41) is 0.407. The molecule has 2 nitrogen and oxygen atoms in total. The molecule has 0 aromatic carbocycles. The van der Waals surface area contributed by atoms with Crippen LogP contribution in [-0.4, -0.2) is 18.4 Å². The van der Waals surface area contributed by atoms with Crippen molar-refractivity contribution in [2.24, 2.45) is 0 Å². The quantitative estimate of drug-likeness (QED) is 0.417. The molecule has 1 aliphatic heterocycles. The summed E-state index contributed by atoms with van der Waals surface area (Å²) in [5.74, 6) is 0. The Morgan fingerprint density at radius 1 is 1.83 bits per heavy atom. The topological polar surface area (TPSA) is 21.3 Å². The van der Waals surface area contributed by atoms with Crippen LogP contribution in [-0.2, 0) is 4.84 Å². The predicted octanol–water partition coefficient (Wildman–Crippen LogP) is -0.180. The number of hydrogen-bond donors (Lipinski definition) is 2. The van der Waals surface area contributed by atoms with Crippen molar-refractivity contribution in [1.29, 1.82) is 0 Å². The van der Waals surface area contributed by atoms with Gasteiger partial charge in [0.05, 0.1) is 6.61 Å². The highest BCUT2D eigenvalue weighted by Crippen LogP contribution is 1.97. The zero-order valence-electron chi connectivity index (χ0n) is 3.35. The van der Waals surface area contributed by atoms with Crippen LogP contribution in [0.4, 0.5) is 0 Å². The number of rotatable bonds is 0. The van der Waals surface area contributed by atoms with Crippen molar-refractivity contribution >= 4 is 12.6 Å². The van der Waals surface area contributed by atoms with Gasteiger partial charge in [0.15, 0.2) is 0 Å². The maximum absolute atomic E-state index is 4.73. The highest BCUT2D eigenvalue weighted by molar-refractivity contribution is 7.81. The van der Waals surface area contributed by atoms with Crippen LogP contribution in [0, 0.1) is 0 Å². The molecule has 1 saturated heterocycles. The molecule has 1 rings (SSSR count). The molecular weight excluding hydrogens is 98.1 g/mol. The van der Waals surface area contributed by atoms with Gasteiger partial charge >= 0.3 is 0 Å². The smallest absolute Gasteiger partial charge is 0.0811 e. The Morgan fingerprint density at radius 2 is 2.67 bits per heavy atom. The van der Waals surface area contributed by atoms with Crippen LogP contribution in [0.3, 0.4) is 0 Å². The third kappa shape index (κ3) is 0.864. The standard InChI is InChI=1S/C3H7NOS/c6-3-1-4-5-2-3/h3-4,6H,1-2H2.